The number of nitrogens with one attached hydrogen (secondary N) is 2. The van der Waals surface area contributed by atoms with Crippen molar-refractivity contribution in [3.63, 3.8) is 0 Å². The van der Waals surface area contributed by atoms with E-state index in [1.807, 2.05) is 43.3 Å². The van der Waals surface area contributed by atoms with Crippen molar-refractivity contribution < 1.29 is 9.53 Å². The maximum atomic E-state index is 12.4. The third-order valence-electron chi connectivity index (χ3n) is 4.12. The molecule has 1 aromatic heterocycles. The molecule has 2 aromatic carbocycles. The molecule has 0 atom stereocenters. The van der Waals surface area contributed by atoms with Gasteiger partial charge in [-0.1, -0.05) is 35.9 Å². The second-order valence-electron chi connectivity index (χ2n) is 6.01. The van der Waals surface area contributed by atoms with Crippen molar-refractivity contribution in [1.82, 2.24) is 4.98 Å². The summed E-state index contributed by atoms with van der Waals surface area (Å²) in [5.41, 5.74) is 3.79. The highest BCUT2D eigenvalue weighted by atomic mass is 35.5. The Balaban J connectivity index is 1.64. The lowest BCUT2D eigenvalue weighted by Crippen LogP contribution is -2.14. The van der Waals surface area contributed by atoms with Crippen molar-refractivity contribution in [2.24, 2.45) is 0 Å². The Morgan fingerprint density at radius 2 is 1.96 bits per heavy atom. The molecule has 0 fully saturated rings. The Morgan fingerprint density at radius 1 is 1.15 bits per heavy atom. The van der Waals surface area contributed by atoms with Crippen LogP contribution in [0.2, 0.25) is 5.02 Å². The second kappa shape index (κ2) is 8.56. The van der Waals surface area contributed by atoms with E-state index in [0.717, 1.165) is 22.6 Å². The first kappa shape index (κ1) is 18.7. The van der Waals surface area contributed by atoms with Crippen LogP contribution in [0.5, 0.6) is 5.75 Å². The summed E-state index contributed by atoms with van der Waals surface area (Å²) < 4.78 is 5.34. The molecular formula is C21H20ClN3O2. The molecule has 27 heavy (non-hydrogen) atoms. The number of para-hydroxylation sites is 1. The highest BCUT2D eigenvalue weighted by Crippen LogP contribution is 2.21. The summed E-state index contributed by atoms with van der Waals surface area (Å²) >= 11 is 5.99. The number of carbonyl (C=O) groups excluding carboxylic acids is 1. The largest absolute Gasteiger partial charge is 0.496 e. The minimum absolute atomic E-state index is 0.281. The molecule has 5 nitrogen and oxygen atoms in total. The Labute approximate surface area is 163 Å². The molecule has 1 amide bonds. The smallest absolute Gasteiger partial charge is 0.274 e. The molecule has 0 saturated heterocycles. The first-order valence-electron chi connectivity index (χ1n) is 8.46. The molecule has 2 N–H and O–H groups in total. The second-order valence-corrected chi connectivity index (χ2v) is 6.45. The predicted molar refractivity (Wildman–Crippen MR) is 109 cm³/mol. The predicted octanol–water partition coefficient (Wildman–Crippen LogP) is 4.92. The van der Waals surface area contributed by atoms with Crippen LogP contribution in [0.15, 0.2) is 60.8 Å². The molecule has 0 aliphatic heterocycles. The van der Waals surface area contributed by atoms with Gasteiger partial charge >= 0.3 is 0 Å². The number of rotatable bonds is 6. The average Bonchev–Trinajstić information content (AvgIpc) is 2.69. The van der Waals surface area contributed by atoms with Crippen LogP contribution in [0.4, 0.5) is 11.4 Å². The standard InChI is InChI=1S/C21H20ClN3O2/c1-14-7-8-16(22)11-19(14)25-21(26)18-10-9-17(13-24-18)23-12-15-5-3-4-6-20(15)27-2/h3-11,13,23H,12H2,1-2H3,(H,25,26). The van der Waals surface area contributed by atoms with Crippen LogP contribution in [0.3, 0.4) is 0 Å². The van der Waals surface area contributed by atoms with Crippen LogP contribution in [0.1, 0.15) is 21.6 Å². The summed E-state index contributed by atoms with van der Waals surface area (Å²) in [5.74, 6) is 0.544. The van der Waals surface area contributed by atoms with Crippen LogP contribution < -0.4 is 15.4 Å². The van der Waals surface area contributed by atoms with Crippen molar-refractivity contribution in [3.8, 4) is 5.75 Å². The lowest BCUT2D eigenvalue weighted by atomic mass is 10.2. The van der Waals surface area contributed by atoms with E-state index < -0.39 is 0 Å². The van der Waals surface area contributed by atoms with E-state index in [2.05, 4.69) is 15.6 Å². The highest BCUT2D eigenvalue weighted by molar-refractivity contribution is 6.31. The van der Waals surface area contributed by atoms with Crippen LogP contribution in [0.25, 0.3) is 0 Å². The van der Waals surface area contributed by atoms with Gasteiger partial charge in [-0.15, -0.1) is 0 Å². The average molecular weight is 382 g/mol. The van der Waals surface area contributed by atoms with E-state index in [1.54, 1.807) is 31.5 Å². The number of methoxy groups -OCH3 is 1. The minimum atomic E-state index is -0.281. The number of amides is 1. The molecule has 0 saturated carbocycles. The number of pyridine rings is 1. The molecule has 1 heterocycles. The van der Waals surface area contributed by atoms with Crippen molar-refractivity contribution >= 4 is 28.9 Å². The van der Waals surface area contributed by atoms with E-state index in [1.165, 1.54) is 0 Å². The molecule has 138 valence electrons. The zero-order chi connectivity index (χ0) is 19.2. The number of hydrogen-bond acceptors (Lipinski definition) is 4. The maximum Gasteiger partial charge on any atom is 0.274 e. The van der Waals surface area contributed by atoms with E-state index in [9.17, 15) is 4.79 Å². The molecule has 0 bridgehead atoms. The van der Waals surface area contributed by atoms with Gasteiger partial charge in [0, 0.05) is 22.8 Å². The fourth-order valence-electron chi connectivity index (χ4n) is 2.59. The molecule has 0 spiro atoms. The fourth-order valence-corrected chi connectivity index (χ4v) is 2.77. The number of benzene rings is 2. The quantitative estimate of drug-likeness (QED) is 0.636. The van der Waals surface area contributed by atoms with Crippen molar-refractivity contribution in [3.05, 3.63) is 82.6 Å². The number of aromatic nitrogens is 1. The van der Waals surface area contributed by atoms with Gasteiger partial charge in [-0.3, -0.25) is 4.79 Å². The zero-order valence-electron chi connectivity index (χ0n) is 15.1. The number of carbonyl (C=O) groups is 1. The van der Waals surface area contributed by atoms with E-state index in [-0.39, 0.29) is 5.91 Å². The highest BCUT2D eigenvalue weighted by Gasteiger charge is 2.10. The van der Waals surface area contributed by atoms with Gasteiger partial charge in [-0.25, -0.2) is 4.98 Å². The van der Waals surface area contributed by atoms with Crippen LogP contribution >= 0.6 is 11.6 Å². The molecule has 0 radical (unpaired) electrons. The zero-order valence-corrected chi connectivity index (χ0v) is 15.9. The SMILES string of the molecule is COc1ccccc1CNc1ccc(C(=O)Nc2cc(Cl)ccc2C)nc1. The van der Waals surface area contributed by atoms with Crippen molar-refractivity contribution in [2.75, 3.05) is 17.7 Å². The number of halogens is 1. The Bertz CT molecular complexity index is 942. The molecule has 0 unspecified atom stereocenters. The fraction of sp³-hybridized carbons (Fsp3) is 0.143. The molecule has 3 rings (SSSR count). The monoisotopic (exact) mass is 381 g/mol. The number of aryl methyl sites for hydroxylation is 1. The third kappa shape index (κ3) is 4.77. The molecule has 6 heteroatoms. The van der Waals surface area contributed by atoms with Crippen molar-refractivity contribution in [2.45, 2.75) is 13.5 Å². The van der Waals surface area contributed by atoms with E-state index in [4.69, 9.17) is 16.3 Å². The van der Waals surface area contributed by atoms with Gasteiger partial charge in [-0.05, 0) is 42.8 Å². The summed E-state index contributed by atoms with van der Waals surface area (Å²) in [6, 6.07) is 16.7. The summed E-state index contributed by atoms with van der Waals surface area (Å²) in [4.78, 5) is 16.6. The summed E-state index contributed by atoms with van der Waals surface area (Å²) in [5, 5.41) is 6.68. The number of anilines is 2. The Hall–Kier alpha value is -3.05. The van der Waals surface area contributed by atoms with Gasteiger partial charge in [0.05, 0.1) is 19.0 Å². The Kier molecular flexibility index (Phi) is 5.94. The van der Waals surface area contributed by atoms with Gasteiger partial charge in [0.15, 0.2) is 0 Å². The third-order valence-corrected chi connectivity index (χ3v) is 4.35. The van der Waals surface area contributed by atoms with Crippen LogP contribution in [-0.4, -0.2) is 18.0 Å². The van der Waals surface area contributed by atoms with Gasteiger partial charge in [0.1, 0.15) is 11.4 Å². The van der Waals surface area contributed by atoms with Gasteiger partial charge in [0.25, 0.3) is 5.91 Å². The maximum absolute atomic E-state index is 12.4. The topological polar surface area (TPSA) is 63.2 Å². The number of ether oxygens (including phenoxy) is 1. The van der Waals surface area contributed by atoms with Gasteiger partial charge in [-0.2, -0.15) is 0 Å². The summed E-state index contributed by atoms with van der Waals surface area (Å²) in [6.45, 7) is 2.50. The van der Waals surface area contributed by atoms with Crippen LogP contribution in [-0.2, 0) is 6.54 Å². The normalized spacial score (nSPS) is 10.3. The first-order chi connectivity index (χ1) is 13.1. The number of nitrogens with zero attached hydrogens (tertiary/aromatic N) is 1. The van der Waals surface area contributed by atoms with Gasteiger partial charge < -0.3 is 15.4 Å². The molecule has 0 aliphatic rings. The Morgan fingerprint density at radius 3 is 2.70 bits per heavy atom. The number of hydrogen-bond donors (Lipinski definition) is 2. The lowest BCUT2D eigenvalue weighted by molar-refractivity contribution is 0.102. The molecule has 0 aliphatic carbocycles. The van der Waals surface area contributed by atoms with Gasteiger partial charge in [0.2, 0.25) is 0 Å². The first-order valence-corrected chi connectivity index (χ1v) is 8.84. The van der Waals surface area contributed by atoms with E-state index >= 15 is 0 Å². The summed E-state index contributed by atoms with van der Waals surface area (Å²) in [6.07, 6.45) is 1.63. The molecule has 3 aromatic rings. The van der Waals surface area contributed by atoms with E-state index in [0.29, 0.717) is 22.9 Å². The van der Waals surface area contributed by atoms with Crippen molar-refractivity contribution in [1.29, 1.82) is 0 Å². The minimum Gasteiger partial charge on any atom is -0.496 e. The summed E-state index contributed by atoms with van der Waals surface area (Å²) in [7, 11) is 1.65. The van der Waals surface area contributed by atoms with Crippen LogP contribution in [0, 0.1) is 6.92 Å². The molecular weight excluding hydrogens is 362 g/mol. The lowest BCUT2D eigenvalue weighted by Gasteiger charge is -2.11.